The Kier molecular flexibility index (Phi) is 3.13. The van der Waals surface area contributed by atoms with Gasteiger partial charge in [0.15, 0.2) is 0 Å². The lowest BCUT2D eigenvalue weighted by Gasteiger charge is -2.57. The lowest BCUT2D eigenvalue weighted by Crippen LogP contribution is -2.64. The van der Waals surface area contributed by atoms with E-state index in [1.165, 1.54) is 38.5 Å². The van der Waals surface area contributed by atoms with Crippen LogP contribution in [-0.4, -0.2) is 25.8 Å². The van der Waals surface area contributed by atoms with Crippen molar-refractivity contribution >= 4 is 0 Å². The molecule has 2 atom stereocenters. The first-order valence-electron chi connectivity index (χ1n) is 6.09. The Hall–Kier alpha value is -0.0800. The fourth-order valence-electron chi connectivity index (χ4n) is 3.49. The van der Waals surface area contributed by atoms with Gasteiger partial charge in [-0.25, -0.2) is 0 Å². The molecule has 82 valence electrons. The zero-order chi connectivity index (χ0) is 10.0. The smallest absolute Gasteiger partial charge is 0.0657 e. The second-order valence-electron chi connectivity index (χ2n) is 4.86. The third-order valence-corrected chi connectivity index (χ3v) is 4.30. The number of hydrogen-bond donors (Lipinski definition) is 1. The summed E-state index contributed by atoms with van der Waals surface area (Å²) in [5.41, 5.74) is 0.503. The molecule has 2 fully saturated rings. The summed E-state index contributed by atoms with van der Waals surface area (Å²) < 4.78 is 5.62. The Bertz CT molecular complexity index is 187. The van der Waals surface area contributed by atoms with E-state index in [0.29, 0.717) is 11.5 Å². The van der Waals surface area contributed by atoms with Crippen molar-refractivity contribution in [3.05, 3.63) is 0 Å². The van der Waals surface area contributed by atoms with Crippen molar-refractivity contribution in [2.45, 2.75) is 57.6 Å². The molecule has 0 bridgehead atoms. The molecule has 1 N–H and O–H groups in total. The van der Waals surface area contributed by atoms with Crippen molar-refractivity contribution in [2.75, 3.05) is 13.7 Å². The molecule has 2 aliphatic rings. The minimum Gasteiger partial charge on any atom is -0.381 e. The van der Waals surface area contributed by atoms with Gasteiger partial charge in [-0.2, -0.15) is 0 Å². The van der Waals surface area contributed by atoms with Crippen LogP contribution < -0.4 is 5.32 Å². The molecule has 2 saturated carbocycles. The third-order valence-electron chi connectivity index (χ3n) is 4.30. The summed E-state index contributed by atoms with van der Waals surface area (Å²) in [5, 5.41) is 3.63. The lowest BCUT2D eigenvalue weighted by molar-refractivity contribution is -0.136. The fraction of sp³-hybridized carbons (Fsp3) is 1.00. The Balaban J connectivity index is 2.01. The summed E-state index contributed by atoms with van der Waals surface area (Å²) in [6.45, 7) is 3.31. The van der Waals surface area contributed by atoms with Crippen molar-refractivity contribution in [1.29, 1.82) is 0 Å². The van der Waals surface area contributed by atoms with Gasteiger partial charge in [-0.1, -0.05) is 26.2 Å². The Morgan fingerprint density at radius 2 is 2.00 bits per heavy atom. The number of ether oxygens (including phenoxy) is 1. The van der Waals surface area contributed by atoms with Crippen molar-refractivity contribution in [1.82, 2.24) is 5.32 Å². The monoisotopic (exact) mass is 197 g/mol. The first-order chi connectivity index (χ1) is 6.83. The van der Waals surface area contributed by atoms with Crippen LogP contribution in [0.25, 0.3) is 0 Å². The van der Waals surface area contributed by atoms with E-state index in [1.54, 1.807) is 0 Å². The van der Waals surface area contributed by atoms with Gasteiger partial charge in [-0.3, -0.25) is 0 Å². The van der Waals surface area contributed by atoms with Gasteiger partial charge in [0.25, 0.3) is 0 Å². The minimum atomic E-state index is 0.503. The normalized spacial score (nSPS) is 35.6. The van der Waals surface area contributed by atoms with E-state index >= 15 is 0 Å². The van der Waals surface area contributed by atoms with E-state index in [4.69, 9.17) is 4.74 Å². The van der Waals surface area contributed by atoms with Crippen LogP contribution in [0.1, 0.15) is 45.4 Å². The summed E-state index contributed by atoms with van der Waals surface area (Å²) in [5.74, 6) is 0. The van der Waals surface area contributed by atoms with Crippen LogP contribution in [0.2, 0.25) is 0 Å². The maximum Gasteiger partial charge on any atom is 0.0657 e. The second-order valence-corrected chi connectivity index (χ2v) is 4.86. The average Bonchev–Trinajstić information content (AvgIpc) is 2.25. The number of nitrogens with one attached hydrogen (secondary N) is 1. The molecule has 0 radical (unpaired) electrons. The molecule has 0 heterocycles. The molecule has 2 heteroatoms. The minimum absolute atomic E-state index is 0.503. The predicted octanol–water partition coefficient (Wildman–Crippen LogP) is 2.33. The van der Waals surface area contributed by atoms with E-state index in [2.05, 4.69) is 12.2 Å². The largest absolute Gasteiger partial charge is 0.381 e. The van der Waals surface area contributed by atoms with E-state index in [-0.39, 0.29) is 0 Å². The highest BCUT2D eigenvalue weighted by atomic mass is 16.5. The van der Waals surface area contributed by atoms with Crippen LogP contribution >= 0.6 is 0 Å². The van der Waals surface area contributed by atoms with Crippen LogP contribution in [0.5, 0.6) is 0 Å². The van der Waals surface area contributed by atoms with Crippen molar-refractivity contribution in [3.8, 4) is 0 Å². The van der Waals surface area contributed by atoms with Gasteiger partial charge in [0.2, 0.25) is 0 Å². The molecule has 2 rings (SSSR count). The predicted molar refractivity (Wildman–Crippen MR) is 58.4 cm³/mol. The molecule has 0 aromatic carbocycles. The van der Waals surface area contributed by atoms with E-state index in [9.17, 15) is 0 Å². The van der Waals surface area contributed by atoms with Gasteiger partial charge in [-0.15, -0.1) is 0 Å². The summed E-state index contributed by atoms with van der Waals surface area (Å²) in [6, 6.07) is 0.734. The van der Waals surface area contributed by atoms with Gasteiger partial charge < -0.3 is 10.1 Å². The zero-order valence-corrected chi connectivity index (χ0v) is 9.51. The summed E-state index contributed by atoms with van der Waals surface area (Å²) in [6.07, 6.45) is 8.75. The van der Waals surface area contributed by atoms with Crippen molar-refractivity contribution in [3.63, 3.8) is 0 Å². The molecule has 0 saturated heterocycles. The quantitative estimate of drug-likeness (QED) is 0.750. The zero-order valence-electron chi connectivity index (χ0n) is 9.51. The number of hydrogen-bond acceptors (Lipinski definition) is 2. The average molecular weight is 197 g/mol. The SMILES string of the molecule is CCNC1CC(OC)C12CCCCC2. The van der Waals surface area contributed by atoms with Gasteiger partial charge in [-0.05, 0) is 25.8 Å². The molecule has 2 aliphatic carbocycles. The van der Waals surface area contributed by atoms with Crippen LogP contribution in [-0.2, 0) is 4.74 Å². The maximum absolute atomic E-state index is 5.62. The van der Waals surface area contributed by atoms with E-state index in [0.717, 1.165) is 12.6 Å². The first kappa shape index (κ1) is 10.4. The summed E-state index contributed by atoms with van der Waals surface area (Å²) in [7, 11) is 1.88. The summed E-state index contributed by atoms with van der Waals surface area (Å²) in [4.78, 5) is 0. The molecule has 0 aromatic rings. The van der Waals surface area contributed by atoms with Crippen LogP contribution in [0.3, 0.4) is 0 Å². The van der Waals surface area contributed by atoms with Gasteiger partial charge in [0, 0.05) is 18.6 Å². The fourth-order valence-corrected chi connectivity index (χ4v) is 3.49. The van der Waals surface area contributed by atoms with Crippen molar-refractivity contribution < 1.29 is 4.74 Å². The Labute approximate surface area is 87.4 Å². The molecular weight excluding hydrogens is 174 g/mol. The van der Waals surface area contributed by atoms with Crippen LogP contribution in [0.4, 0.5) is 0 Å². The summed E-state index contributed by atoms with van der Waals surface area (Å²) >= 11 is 0. The molecule has 14 heavy (non-hydrogen) atoms. The molecule has 2 nitrogen and oxygen atoms in total. The molecule has 1 spiro atoms. The molecule has 0 aromatic heterocycles. The molecule has 0 aliphatic heterocycles. The Morgan fingerprint density at radius 1 is 1.29 bits per heavy atom. The third kappa shape index (κ3) is 1.49. The van der Waals surface area contributed by atoms with Gasteiger partial charge in [0.05, 0.1) is 6.10 Å². The van der Waals surface area contributed by atoms with Crippen molar-refractivity contribution in [2.24, 2.45) is 5.41 Å². The highest BCUT2D eigenvalue weighted by Gasteiger charge is 2.54. The Morgan fingerprint density at radius 3 is 2.57 bits per heavy atom. The lowest BCUT2D eigenvalue weighted by atomic mass is 9.55. The van der Waals surface area contributed by atoms with E-state index in [1.807, 2.05) is 7.11 Å². The molecule has 0 amide bonds. The standard InChI is InChI=1S/C12H23NO/c1-3-13-10-9-11(14-2)12(10)7-5-4-6-8-12/h10-11,13H,3-9H2,1-2H3. The first-order valence-corrected chi connectivity index (χ1v) is 6.09. The molecular formula is C12H23NO. The van der Waals surface area contributed by atoms with Crippen LogP contribution in [0.15, 0.2) is 0 Å². The topological polar surface area (TPSA) is 21.3 Å². The number of rotatable bonds is 3. The van der Waals surface area contributed by atoms with Gasteiger partial charge in [0.1, 0.15) is 0 Å². The van der Waals surface area contributed by atoms with Gasteiger partial charge >= 0.3 is 0 Å². The van der Waals surface area contributed by atoms with E-state index < -0.39 is 0 Å². The molecule has 2 unspecified atom stereocenters. The highest BCUT2D eigenvalue weighted by molar-refractivity contribution is 5.08. The highest BCUT2D eigenvalue weighted by Crippen LogP contribution is 2.52. The second kappa shape index (κ2) is 4.19. The maximum atomic E-state index is 5.62. The number of methoxy groups -OCH3 is 1. The van der Waals surface area contributed by atoms with Crippen LogP contribution in [0, 0.1) is 5.41 Å².